The van der Waals surface area contributed by atoms with Gasteiger partial charge < -0.3 is 24.3 Å². The number of methoxy groups -OCH3 is 3. The summed E-state index contributed by atoms with van der Waals surface area (Å²) in [6.07, 6.45) is 1.63. The van der Waals surface area contributed by atoms with E-state index in [1.165, 1.54) is 33.5 Å². The molecule has 0 saturated heterocycles. The first kappa shape index (κ1) is 19.8. The van der Waals surface area contributed by atoms with Crippen LogP contribution in [-0.4, -0.2) is 39.8 Å². The predicted molar refractivity (Wildman–Crippen MR) is 101 cm³/mol. The van der Waals surface area contributed by atoms with E-state index in [1.54, 1.807) is 30.3 Å². The van der Waals surface area contributed by atoms with Crippen molar-refractivity contribution in [2.75, 3.05) is 33.3 Å². The lowest BCUT2D eigenvalue weighted by atomic mass is 10.1. The number of rotatable bonds is 8. The summed E-state index contributed by atoms with van der Waals surface area (Å²) in [7, 11) is 4.17. The molecule has 0 aromatic heterocycles. The van der Waals surface area contributed by atoms with Gasteiger partial charge in [0.25, 0.3) is 5.91 Å². The second-order valence-corrected chi connectivity index (χ2v) is 5.32. The van der Waals surface area contributed by atoms with E-state index in [9.17, 15) is 9.59 Å². The van der Waals surface area contributed by atoms with Gasteiger partial charge in [0.05, 0.1) is 32.6 Å². The van der Waals surface area contributed by atoms with Crippen LogP contribution >= 0.6 is 0 Å². The van der Waals surface area contributed by atoms with Crippen LogP contribution in [0.2, 0.25) is 0 Å². The quantitative estimate of drug-likeness (QED) is 0.566. The summed E-state index contributed by atoms with van der Waals surface area (Å²) in [5.74, 6) is 0.322. The molecule has 7 nitrogen and oxygen atoms in total. The monoisotopic (exact) mass is 371 g/mol. The normalized spacial score (nSPS) is 9.89. The highest BCUT2D eigenvalue weighted by molar-refractivity contribution is 6.08. The minimum absolute atomic E-state index is 0.148. The van der Waals surface area contributed by atoms with Gasteiger partial charge in [-0.25, -0.2) is 4.79 Å². The lowest BCUT2D eigenvalue weighted by Crippen LogP contribution is -2.16. The van der Waals surface area contributed by atoms with Crippen molar-refractivity contribution in [1.29, 1.82) is 0 Å². The molecule has 0 bridgehead atoms. The molecular formula is C20H21NO6. The summed E-state index contributed by atoms with van der Waals surface area (Å²) in [5, 5.41) is 2.70. The number of hydrogen-bond donors (Lipinski definition) is 1. The molecule has 0 aliphatic heterocycles. The molecule has 0 radical (unpaired) electrons. The van der Waals surface area contributed by atoms with E-state index < -0.39 is 11.9 Å². The van der Waals surface area contributed by atoms with Gasteiger partial charge in [-0.15, -0.1) is 0 Å². The van der Waals surface area contributed by atoms with Gasteiger partial charge in [0.2, 0.25) is 0 Å². The number of ether oxygens (including phenoxy) is 4. The van der Waals surface area contributed by atoms with Crippen molar-refractivity contribution in [2.24, 2.45) is 0 Å². The number of esters is 1. The lowest BCUT2D eigenvalue weighted by Gasteiger charge is -2.14. The first-order valence-corrected chi connectivity index (χ1v) is 8.03. The largest absolute Gasteiger partial charge is 0.493 e. The standard InChI is InChI=1S/C20H21NO6/c1-5-10-27-14-8-6-13(7-9-14)19(22)21-16-12-18(25-3)17(24-2)11-15(16)20(23)26-4/h5-9,11-12H,1,10H2,2-4H3,(H,21,22). The summed E-state index contributed by atoms with van der Waals surface area (Å²) in [4.78, 5) is 24.6. The Hall–Kier alpha value is -3.48. The van der Waals surface area contributed by atoms with Crippen LogP contribution in [0.3, 0.4) is 0 Å². The van der Waals surface area contributed by atoms with Gasteiger partial charge in [-0.3, -0.25) is 4.79 Å². The van der Waals surface area contributed by atoms with E-state index in [0.29, 0.717) is 29.4 Å². The van der Waals surface area contributed by atoms with E-state index in [-0.39, 0.29) is 11.3 Å². The Kier molecular flexibility index (Phi) is 6.82. The fourth-order valence-electron chi connectivity index (χ4n) is 2.31. The van der Waals surface area contributed by atoms with E-state index >= 15 is 0 Å². The Morgan fingerprint density at radius 1 is 1.04 bits per heavy atom. The van der Waals surface area contributed by atoms with Crippen LogP contribution in [0.4, 0.5) is 5.69 Å². The molecule has 2 aromatic rings. The van der Waals surface area contributed by atoms with Gasteiger partial charge in [0.15, 0.2) is 11.5 Å². The highest BCUT2D eigenvalue weighted by Crippen LogP contribution is 2.34. The number of carbonyl (C=O) groups is 2. The Balaban J connectivity index is 2.30. The third-order valence-electron chi connectivity index (χ3n) is 3.66. The van der Waals surface area contributed by atoms with Crippen LogP contribution in [0.25, 0.3) is 0 Å². The van der Waals surface area contributed by atoms with Gasteiger partial charge in [-0.2, -0.15) is 0 Å². The molecule has 0 atom stereocenters. The summed E-state index contributed by atoms with van der Waals surface area (Å²) >= 11 is 0. The van der Waals surface area contributed by atoms with Crippen LogP contribution in [0.5, 0.6) is 17.2 Å². The average molecular weight is 371 g/mol. The molecule has 0 fully saturated rings. The molecule has 1 N–H and O–H groups in total. The Morgan fingerprint density at radius 3 is 2.22 bits per heavy atom. The van der Waals surface area contributed by atoms with Crippen molar-refractivity contribution in [1.82, 2.24) is 0 Å². The van der Waals surface area contributed by atoms with Crippen molar-refractivity contribution in [3.63, 3.8) is 0 Å². The van der Waals surface area contributed by atoms with Crippen LogP contribution in [0.15, 0.2) is 49.1 Å². The van der Waals surface area contributed by atoms with Gasteiger partial charge in [0.1, 0.15) is 12.4 Å². The van der Waals surface area contributed by atoms with Crippen LogP contribution in [0, 0.1) is 0 Å². The second-order valence-electron chi connectivity index (χ2n) is 5.32. The minimum Gasteiger partial charge on any atom is -0.493 e. The number of carbonyl (C=O) groups excluding carboxylic acids is 2. The first-order valence-electron chi connectivity index (χ1n) is 8.03. The van der Waals surface area contributed by atoms with E-state index in [2.05, 4.69) is 11.9 Å². The molecule has 0 saturated carbocycles. The molecule has 0 aliphatic carbocycles. The third kappa shape index (κ3) is 4.78. The van der Waals surface area contributed by atoms with E-state index in [0.717, 1.165) is 0 Å². The van der Waals surface area contributed by atoms with Crippen molar-refractivity contribution in [2.45, 2.75) is 0 Å². The molecule has 2 aromatic carbocycles. The zero-order valence-electron chi connectivity index (χ0n) is 15.4. The minimum atomic E-state index is -0.612. The Morgan fingerprint density at radius 2 is 1.67 bits per heavy atom. The topological polar surface area (TPSA) is 83.1 Å². The number of amides is 1. The highest BCUT2D eigenvalue weighted by atomic mass is 16.5. The maximum absolute atomic E-state index is 12.6. The smallest absolute Gasteiger partial charge is 0.340 e. The Labute approximate surface area is 157 Å². The lowest BCUT2D eigenvalue weighted by molar-refractivity contribution is 0.0601. The molecule has 0 spiro atoms. The third-order valence-corrected chi connectivity index (χ3v) is 3.66. The fraction of sp³-hybridized carbons (Fsp3) is 0.200. The summed E-state index contributed by atoms with van der Waals surface area (Å²) in [6, 6.07) is 9.54. The number of nitrogens with one attached hydrogen (secondary N) is 1. The van der Waals surface area contributed by atoms with Gasteiger partial charge in [-0.1, -0.05) is 12.7 Å². The molecule has 27 heavy (non-hydrogen) atoms. The van der Waals surface area contributed by atoms with E-state index in [1.807, 2.05) is 0 Å². The predicted octanol–water partition coefficient (Wildman–Crippen LogP) is 3.31. The summed E-state index contributed by atoms with van der Waals surface area (Å²) in [5.41, 5.74) is 0.789. The average Bonchev–Trinajstić information content (AvgIpc) is 2.71. The molecular weight excluding hydrogens is 350 g/mol. The summed E-state index contributed by atoms with van der Waals surface area (Å²) in [6.45, 7) is 3.95. The van der Waals surface area contributed by atoms with E-state index in [4.69, 9.17) is 18.9 Å². The van der Waals surface area contributed by atoms with Crippen LogP contribution in [-0.2, 0) is 4.74 Å². The van der Waals surface area contributed by atoms with Gasteiger partial charge in [-0.05, 0) is 24.3 Å². The molecule has 142 valence electrons. The Bertz CT molecular complexity index is 829. The zero-order valence-corrected chi connectivity index (χ0v) is 15.4. The van der Waals surface area contributed by atoms with Crippen molar-refractivity contribution >= 4 is 17.6 Å². The summed E-state index contributed by atoms with van der Waals surface area (Å²) < 4.78 is 20.6. The van der Waals surface area contributed by atoms with Crippen molar-refractivity contribution in [3.05, 3.63) is 60.2 Å². The number of hydrogen-bond acceptors (Lipinski definition) is 6. The molecule has 2 rings (SSSR count). The van der Waals surface area contributed by atoms with Crippen molar-refractivity contribution in [3.8, 4) is 17.2 Å². The maximum atomic E-state index is 12.6. The molecule has 0 aliphatic rings. The van der Waals surface area contributed by atoms with Crippen LogP contribution < -0.4 is 19.5 Å². The van der Waals surface area contributed by atoms with Gasteiger partial charge in [0, 0.05) is 17.7 Å². The van der Waals surface area contributed by atoms with Crippen LogP contribution in [0.1, 0.15) is 20.7 Å². The molecule has 7 heteroatoms. The molecule has 1 amide bonds. The first-order chi connectivity index (χ1) is 13.0. The second kappa shape index (κ2) is 9.28. The highest BCUT2D eigenvalue weighted by Gasteiger charge is 2.19. The maximum Gasteiger partial charge on any atom is 0.340 e. The number of benzene rings is 2. The van der Waals surface area contributed by atoms with Gasteiger partial charge >= 0.3 is 5.97 Å². The molecule has 0 unspecified atom stereocenters. The van der Waals surface area contributed by atoms with Crippen molar-refractivity contribution < 1.29 is 28.5 Å². The fourth-order valence-corrected chi connectivity index (χ4v) is 2.31. The zero-order chi connectivity index (χ0) is 19.8. The number of anilines is 1. The SMILES string of the molecule is C=CCOc1ccc(C(=O)Nc2cc(OC)c(OC)cc2C(=O)OC)cc1. The molecule has 0 heterocycles.